The Morgan fingerprint density at radius 2 is 1.58 bits per heavy atom. The molecule has 3 aromatic carbocycles. The van der Waals surface area contributed by atoms with Gasteiger partial charge in [0, 0.05) is 24.1 Å². The number of nitrogens with one attached hydrogen (secondary N) is 2. The fourth-order valence-corrected chi connectivity index (χ4v) is 9.20. The molecule has 2 amide bonds. The molecule has 8 rings (SSSR count). The first-order valence-corrected chi connectivity index (χ1v) is 20.6. The van der Waals surface area contributed by atoms with Crippen molar-refractivity contribution >= 4 is 23.9 Å². The van der Waals surface area contributed by atoms with Crippen LogP contribution >= 0.6 is 0 Å². The standard InChI is InChI=1S/C44H51N3O15/c1-24(50)31(39(54)45-18-19-48)46-42(56)43-21-29-35-36(61-44(60-35,27-14-4-2-5-15-27)28-16-6-3-7-17-28)38(43)62-47(37(43)40(55)58-29)22-26-12-9-8-11-25(26)13-10-20-57-41-34(53)33(52)32(51)30(23-49)59-41/h2-17,24,29-38,41,48-53H,18-23H2,1H3,(H,45,54)(H,46,56)/t24-,29+,30+,31+,32-,33-,34+,35-,36-,37-,38+,41-,43-/m0/s1. The van der Waals surface area contributed by atoms with Crippen molar-refractivity contribution in [1.82, 2.24) is 15.7 Å². The van der Waals surface area contributed by atoms with E-state index in [1.807, 2.05) is 60.7 Å². The Balaban J connectivity index is 1.12. The Labute approximate surface area is 356 Å². The average Bonchev–Trinajstić information content (AvgIpc) is 3.87. The number of hydrogen-bond acceptors (Lipinski definition) is 16. The molecule has 62 heavy (non-hydrogen) atoms. The molecule has 13 atom stereocenters. The van der Waals surface area contributed by atoms with Crippen molar-refractivity contribution in [2.24, 2.45) is 5.41 Å². The largest absolute Gasteiger partial charge is 0.458 e. The van der Waals surface area contributed by atoms with E-state index in [0.29, 0.717) is 22.3 Å². The number of hydrogen-bond donors (Lipinski definition) is 8. The molecule has 3 aromatic rings. The van der Waals surface area contributed by atoms with Gasteiger partial charge in [0.25, 0.3) is 0 Å². The first kappa shape index (κ1) is 44.0. The van der Waals surface area contributed by atoms with Crippen LogP contribution in [0, 0.1) is 5.41 Å². The van der Waals surface area contributed by atoms with Crippen LogP contribution < -0.4 is 10.6 Å². The van der Waals surface area contributed by atoms with Crippen LogP contribution in [-0.2, 0) is 55.2 Å². The molecule has 4 aliphatic heterocycles. The Kier molecular flexibility index (Phi) is 12.9. The van der Waals surface area contributed by atoms with Gasteiger partial charge in [-0.1, -0.05) is 97.1 Å². The highest BCUT2D eigenvalue weighted by atomic mass is 16.8. The SMILES string of the molecule is C[C@H](O)[C@@H](NC(=O)[C@@]12C[C@H]3OC(=O)[C@@H]1N(Cc1ccccc1C=CCO[C@H]1O[C@H](CO)[C@H](O)[C@H](O)[C@H]1O)O[C@@H]2[C@H]1OC(c2ccccc2)(c2ccccc2)O[C@H]13)C(=O)NCCO. The monoisotopic (exact) mass is 861 g/mol. The van der Waals surface area contributed by atoms with E-state index >= 15 is 4.79 Å². The third-order valence-corrected chi connectivity index (χ3v) is 12.2. The van der Waals surface area contributed by atoms with E-state index in [2.05, 4.69) is 10.6 Å². The van der Waals surface area contributed by atoms with Gasteiger partial charge in [-0.25, -0.2) is 0 Å². The number of carbonyl (C=O) groups excluding carboxylic acids is 3. The van der Waals surface area contributed by atoms with Gasteiger partial charge in [-0.3, -0.25) is 19.2 Å². The molecular formula is C44H51N3O15. The summed E-state index contributed by atoms with van der Waals surface area (Å²) in [6, 6.07) is 22.9. The number of hydroxylamine groups is 2. The predicted octanol–water partition coefficient (Wildman–Crippen LogP) is -1.02. The van der Waals surface area contributed by atoms with E-state index in [1.165, 1.54) is 12.0 Å². The van der Waals surface area contributed by atoms with E-state index in [0.717, 1.165) is 0 Å². The van der Waals surface area contributed by atoms with Crippen LogP contribution in [-0.4, -0.2) is 153 Å². The maximum Gasteiger partial charge on any atom is 0.327 e. The van der Waals surface area contributed by atoms with Crippen LogP contribution in [0.5, 0.6) is 0 Å². The zero-order chi connectivity index (χ0) is 43.8. The lowest BCUT2D eigenvalue weighted by atomic mass is 9.62. The summed E-state index contributed by atoms with van der Waals surface area (Å²) in [7, 11) is 0. The molecule has 0 unspecified atom stereocenters. The van der Waals surface area contributed by atoms with Gasteiger partial charge in [-0.15, -0.1) is 0 Å². The van der Waals surface area contributed by atoms with Crippen molar-refractivity contribution in [3.8, 4) is 0 Å². The molecule has 4 saturated heterocycles. The molecule has 18 nitrogen and oxygen atoms in total. The van der Waals surface area contributed by atoms with E-state index in [-0.39, 0.29) is 32.7 Å². The van der Waals surface area contributed by atoms with Crippen LogP contribution in [0.1, 0.15) is 35.6 Å². The zero-order valence-corrected chi connectivity index (χ0v) is 33.7. The summed E-state index contributed by atoms with van der Waals surface area (Å²) in [6.45, 7) is 0.0810. The first-order valence-electron chi connectivity index (χ1n) is 20.6. The van der Waals surface area contributed by atoms with Crippen molar-refractivity contribution in [1.29, 1.82) is 0 Å². The highest BCUT2D eigenvalue weighted by molar-refractivity contribution is 5.96. The van der Waals surface area contributed by atoms with Crippen LogP contribution in [0.15, 0.2) is 91.0 Å². The van der Waals surface area contributed by atoms with Gasteiger partial charge in [0.1, 0.15) is 60.3 Å². The molecule has 5 aliphatic rings. The molecule has 2 bridgehead atoms. The van der Waals surface area contributed by atoms with Crippen LogP contribution in [0.25, 0.3) is 6.08 Å². The van der Waals surface area contributed by atoms with Gasteiger partial charge in [-0.2, -0.15) is 5.06 Å². The van der Waals surface area contributed by atoms with Crippen molar-refractivity contribution < 1.29 is 73.5 Å². The lowest BCUT2D eigenvalue weighted by molar-refractivity contribution is -0.298. The number of fused-ring (bicyclic) bond motifs is 4. The maximum atomic E-state index is 15.0. The van der Waals surface area contributed by atoms with Crippen LogP contribution in [0.3, 0.4) is 0 Å². The lowest BCUT2D eigenvalue weighted by Crippen LogP contribution is -2.71. The van der Waals surface area contributed by atoms with Crippen molar-refractivity contribution in [2.45, 2.75) is 99.0 Å². The van der Waals surface area contributed by atoms with Gasteiger partial charge in [-0.05, 0) is 18.1 Å². The summed E-state index contributed by atoms with van der Waals surface area (Å²) < 4.78 is 31.2. The molecule has 0 aromatic heterocycles. The summed E-state index contributed by atoms with van der Waals surface area (Å²) in [6.07, 6.45) is -9.38. The van der Waals surface area contributed by atoms with E-state index < -0.39 is 109 Å². The number of nitrogens with zero attached hydrogens (tertiary/aromatic N) is 1. The second-order valence-corrected chi connectivity index (χ2v) is 16.1. The minimum atomic E-state index is -1.73. The summed E-state index contributed by atoms with van der Waals surface area (Å²) in [5, 5.41) is 66.9. The Bertz CT molecular complexity index is 2050. The van der Waals surface area contributed by atoms with Gasteiger partial charge in [0.15, 0.2) is 12.3 Å². The maximum absolute atomic E-state index is 15.0. The quantitative estimate of drug-likeness (QED) is 0.0851. The minimum Gasteiger partial charge on any atom is -0.458 e. The third-order valence-electron chi connectivity index (χ3n) is 12.2. The number of aliphatic hydroxyl groups is 6. The van der Waals surface area contributed by atoms with E-state index in [1.54, 1.807) is 36.4 Å². The molecular weight excluding hydrogens is 810 g/mol. The summed E-state index contributed by atoms with van der Waals surface area (Å²) >= 11 is 0. The number of amides is 2. The van der Waals surface area contributed by atoms with Crippen LogP contribution in [0.2, 0.25) is 0 Å². The van der Waals surface area contributed by atoms with Crippen molar-refractivity contribution in [3.63, 3.8) is 0 Å². The van der Waals surface area contributed by atoms with Crippen molar-refractivity contribution in [3.05, 3.63) is 113 Å². The van der Waals surface area contributed by atoms with E-state index in [9.17, 15) is 40.2 Å². The Morgan fingerprint density at radius 1 is 0.919 bits per heavy atom. The molecule has 0 radical (unpaired) electrons. The highest BCUT2D eigenvalue weighted by Crippen LogP contribution is 2.59. The average molecular weight is 862 g/mol. The number of ether oxygens (including phenoxy) is 5. The van der Waals surface area contributed by atoms with Crippen LogP contribution in [0.4, 0.5) is 0 Å². The Morgan fingerprint density at radius 3 is 2.24 bits per heavy atom. The second kappa shape index (κ2) is 18.2. The molecule has 1 saturated carbocycles. The van der Waals surface area contributed by atoms with E-state index in [4.69, 9.17) is 28.5 Å². The predicted molar refractivity (Wildman–Crippen MR) is 213 cm³/mol. The smallest absolute Gasteiger partial charge is 0.327 e. The molecule has 4 heterocycles. The summed E-state index contributed by atoms with van der Waals surface area (Å²) in [4.78, 5) is 49.5. The number of rotatable bonds is 15. The molecule has 5 fully saturated rings. The fraction of sp³-hybridized carbons (Fsp3) is 0.477. The van der Waals surface area contributed by atoms with Gasteiger partial charge in [0.2, 0.25) is 17.6 Å². The summed E-state index contributed by atoms with van der Waals surface area (Å²) in [5.41, 5.74) is 0.871. The van der Waals surface area contributed by atoms with Crippen molar-refractivity contribution in [2.75, 3.05) is 26.4 Å². The van der Waals surface area contributed by atoms with Gasteiger partial charge < -0.3 is 65.0 Å². The molecule has 1 aliphatic carbocycles. The lowest BCUT2D eigenvalue weighted by Gasteiger charge is -2.49. The number of benzene rings is 3. The zero-order valence-electron chi connectivity index (χ0n) is 33.7. The highest BCUT2D eigenvalue weighted by Gasteiger charge is 2.77. The third kappa shape index (κ3) is 7.84. The topological polar surface area (TPSA) is 255 Å². The normalized spacial score (nSPS) is 33.4. The molecule has 18 heteroatoms. The number of carbonyl (C=O) groups is 3. The number of esters is 1. The Hall–Kier alpha value is -4.67. The molecule has 0 spiro atoms. The second-order valence-electron chi connectivity index (χ2n) is 16.1. The molecule has 332 valence electrons. The fourth-order valence-electron chi connectivity index (χ4n) is 9.20. The first-order chi connectivity index (χ1) is 29.9. The molecule has 8 N–H and O–H groups in total. The summed E-state index contributed by atoms with van der Waals surface area (Å²) in [5.74, 6) is -3.76. The van der Waals surface area contributed by atoms with Gasteiger partial charge >= 0.3 is 5.97 Å². The van der Waals surface area contributed by atoms with Gasteiger partial charge in [0.05, 0.1) is 32.5 Å². The minimum absolute atomic E-state index is 0.0539. The number of aliphatic hydroxyl groups excluding tert-OH is 6.